The molecular weight excluding hydrogens is 532 g/mol. The minimum Gasteiger partial charge on any atom is -0.497 e. The van der Waals surface area contributed by atoms with Gasteiger partial charge < -0.3 is 14.4 Å². The number of thiophene rings is 1. The van der Waals surface area contributed by atoms with Crippen LogP contribution in [-0.2, 0) is 14.3 Å². The molecule has 1 atom stereocenters. The molecule has 2 aliphatic heterocycles. The smallest absolute Gasteiger partial charge is 0.242 e. The van der Waals surface area contributed by atoms with Gasteiger partial charge in [-0.05, 0) is 35.7 Å². The number of nitrogens with zero attached hydrogens (tertiary/aromatic N) is 4. The molecule has 0 saturated carbocycles. The number of thioether (sulfide) groups is 1. The maximum absolute atomic E-state index is 13.8. The largest absolute Gasteiger partial charge is 0.497 e. The molecule has 0 N–H and O–H groups in total. The topological polar surface area (TPSA) is 76.9 Å². The van der Waals surface area contributed by atoms with Gasteiger partial charge in [0.25, 0.3) is 0 Å². The average molecular weight is 561 g/mol. The minimum atomic E-state index is -0.116. The number of anilines is 1. The van der Waals surface area contributed by atoms with Crippen molar-refractivity contribution in [1.29, 1.82) is 0 Å². The maximum Gasteiger partial charge on any atom is 0.242 e. The molecule has 1 saturated heterocycles. The van der Waals surface area contributed by atoms with E-state index in [9.17, 15) is 9.59 Å². The van der Waals surface area contributed by atoms with E-state index in [0.717, 1.165) is 33.1 Å². The highest BCUT2D eigenvalue weighted by molar-refractivity contribution is 8.00. The van der Waals surface area contributed by atoms with Crippen LogP contribution < -0.4 is 9.64 Å². The number of benzene rings is 2. The molecule has 6 rings (SSSR count). The van der Waals surface area contributed by atoms with Crippen LogP contribution in [0.3, 0.4) is 0 Å². The third kappa shape index (κ3) is 5.07. The number of ether oxygens (including phenoxy) is 2. The number of hydrogen-bond acceptors (Lipinski definition) is 7. The second-order valence-corrected chi connectivity index (χ2v) is 11.3. The number of morpholine rings is 1. The quantitative estimate of drug-likeness (QED) is 0.342. The number of rotatable bonds is 6. The van der Waals surface area contributed by atoms with Gasteiger partial charge in [0.1, 0.15) is 18.1 Å². The first-order valence-corrected chi connectivity index (χ1v) is 14.7. The van der Waals surface area contributed by atoms with Crippen molar-refractivity contribution >= 4 is 40.7 Å². The Morgan fingerprint density at radius 1 is 1.05 bits per heavy atom. The first-order chi connectivity index (χ1) is 19.1. The van der Waals surface area contributed by atoms with Crippen LogP contribution in [0.4, 0.5) is 5.82 Å². The third-order valence-corrected chi connectivity index (χ3v) is 9.23. The molecule has 2 aromatic carbocycles. The first-order valence-electron chi connectivity index (χ1n) is 12.8. The molecule has 2 aromatic heterocycles. The molecule has 2 aliphatic rings. The lowest BCUT2D eigenvalue weighted by Crippen LogP contribution is -2.48. The molecule has 2 amide bonds. The van der Waals surface area contributed by atoms with Gasteiger partial charge in [0, 0.05) is 29.1 Å². The van der Waals surface area contributed by atoms with Crippen LogP contribution in [0.15, 0.2) is 72.1 Å². The molecule has 8 nitrogen and oxygen atoms in total. The molecule has 0 bridgehead atoms. The summed E-state index contributed by atoms with van der Waals surface area (Å²) in [7, 11) is 1.63. The molecule has 4 aromatic rings. The van der Waals surface area contributed by atoms with E-state index in [1.54, 1.807) is 40.0 Å². The number of methoxy groups -OCH3 is 1. The lowest BCUT2D eigenvalue weighted by Gasteiger charge is -2.30. The van der Waals surface area contributed by atoms with E-state index in [2.05, 4.69) is 11.4 Å². The van der Waals surface area contributed by atoms with E-state index in [4.69, 9.17) is 14.6 Å². The fraction of sp³-hybridized carbons (Fsp3) is 0.276. The lowest BCUT2D eigenvalue weighted by atomic mass is 10.0. The Kier molecular flexibility index (Phi) is 7.40. The summed E-state index contributed by atoms with van der Waals surface area (Å²) in [5.41, 5.74) is 3.47. The molecule has 0 aliphatic carbocycles. The van der Waals surface area contributed by atoms with Crippen LogP contribution >= 0.6 is 23.1 Å². The Hall–Kier alpha value is -3.60. The van der Waals surface area contributed by atoms with E-state index < -0.39 is 0 Å². The second-order valence-electron chi connectivity index (χ2n) is 9.24. The zero-order valence-corrected chi connectivity index (χ0v) is 23.1. The van der Waals surface area contributed by atoms with E-state index in [0.29, 0.717) is 32.1 Å². The Balaban J connectivity index is 1.56. The molecule has 0 radical (unpaired) electrons. The highest BCUT2D eigenvalue weighted by atomic mass is 32.2. The first kappa shape index (κ1) is 25.7. The van der Waals surface area contributed by atoms with Crippen LogP contribution in [0.1, 0.15) is 15.7 Å². The van der Waals surface area contributed by atoms with Crippen LogP contribution in [0.2, 0.25) is 0 Å². The third-order valence-electron chi connectivity index (χ3n) is 6.91. The number of fused-ring (bicyclic) bond motifs is 1. The normalized spacial score (nSPS) is 17.6. The van der Waals surface area contributed by atoms with Crippen molar-refractivity contribution in [2.45, 2.75) is 5.25 Å². The van der Waals surface area contributed by atoms with Gasteiger partial charge in [-0.25, -0.2) is 4.68 Å². The van der Waals surface area contributed by atoms with Crippen LogP contribution in [0.5, 0.6) is 5.75 Å². The summed E-state index contributed by atoms with van der Waals surface area (Å²) in [6, 6.07) is 21.7. The Morgan fingerprint density at radius 2 is 1.82 bits per heavy atom. The van der Waals surface area contributed by atoms with Gasteiger partial charge in [-0.2, -0.15) is 5.10 Å². The molecule has 39 heavy (non-hydrogen) atoms. The highest BCUT2D eigenvalue weighted by Crippen LogP contribution is 2.49. The highest BCUT2D eigenvalue weighted by Gasteiger charge is 2.38. The van der Waals surface area contributed by atoms with Gasteiger partial charge >= 0.3 is 0 Å². The van der Waals surface area contributed by atoms with E-state index in [1.165, 1.54) is 0 Å². The number of carbonyl (C=O) groups excluding carboxylic acids is 2. The number of hydrogen-bond donors (Lipinski definition) is 0. The Morgan fingerprint density at radius 3 is 2.51 bits per heavy atom. The minimum absolute atomic E-state index is 0.0559. The van der Waals surface area contributed by atoms with Crippen molar-refractivity contribution in [3.63, 3.8) is 0 Å². The standard InChI is InChI=1S/C29H28N4O4S2/c1-36-22-11-9-21(10-12-22)33-29-26(27(30-33)20-6-3-2-4-7-20)28(23-8-5-17-38-23)39-19-25(35)32(29)18-24(34)31-13-15-37-16-14-31/h2-12,17,28H,13-16,18-19H2,1H3. The van der Waals surface area contributed by atoms with Gasteiger partial charge in [-0.3, -0.25) is 14.5 Å². The summed E-state index contributed by atoms with van der Waals surface area (Å²) in [5.74, 6) is 1.40. The maximum atomic E-state index is 13.8. The van der Waals surface area contributed by atoms with Gasteiger partial charge in [0.15, 0.2) is 0 Å². The van der Waals surface area contributed by atoms with Crippen molar-refractivity contribution in [1.82, 2.24) is 14.7 Å². The molecule has 10 heteroatoms. The zero-order chi connectivity index (χ0) is 26.8. The van der Waals surface area contributed by atoms with Crippen molar-refractivity contribution < 1.29 is 19.1 Å². The summed E-state index contributed by atoms with van der Waals surface area (Å²) in [6.45, 7) is 1.99. The number of carbonyl (C=O) groups is 2. The second kappa shape index (κ2) is 11.3. The molecular formula is C29H28N4O4S2. The predicted octanol–water partition coefficient (Wildman–Crippen LogP) is 4.64. The van der Waals surface area contributed by atoms with Crippen LogP contribution in [0, 0.1) is 0 Å². The van der Waals surface area contributed by atoms with Crippen molar-refractivity contribution in [3.8, 4) is 22.7 Å². The molecule has 0 spiro atoms. The summed E-state index contributed by atoms with van der Waals surface area (Å²) in [6.07, 6.45) is 0. The summed E-state index contributed by atoms with van der Waals surface area (Å²) < 4.78 is 12.6. The van der Waals surface area contributed by atoms with Gasteiger partial charge in [-0.15, -0.1) is 23.1 Å². The molecule has 1 fully saturated rings. The van der Waals surface area contributed by atoms with Crippen LogP contribution in [0.25, 0.3) is 16.9 Å². The fourth-order valence-electron chi connectivity index (χ4n) is 4.94. The Bertz CT molecular complexity index is 1450. The van der Waals surface area contributed by atoms with E-state index in [-0.39, 0.29) is 29.4 Å². The van der Waals surface area contributed by atoms with Crippen molar-refractivity contribution in [2.24, 2.45) is 0 Å². The summed E-state index contributed by atoms with van der Waals surface area (Å²) in [5, 5.41) is 7.06. The Labute approximate surface area is 235 Å². The summed E-state index contributed by atoms with van der Waals surface area (Å²) >= 11 is 3.25. The fourth-order valence-corrected chi connectivity index (χ4v) is 7.12. The average Bonchev–Trinajstić information content (AvgIpc) is 3.63. The van der Waals surface area contributed by atoms with Gasteiger partial charge in [0.2, 0.25) is 11.8 Å². The predicted molar refractivity (Wildman–Crippen MR) is 154 cm³/mol. The number of aromatic nitrogens is 2. The SMILES string of the molecule is COc1ccc(-n2nc(-c3ccccc3)c3c2N(CC(=O)N2CCOCC2)C(=O)CSC3c2cccs2)cc1. The number of amides is 2. The molecule has 200 valence electrons. The van der Waals surface area contributed by atoms with Crippen molar-refractivity contribution in [3.05, 3.63) is 82.6 Å². The molecule has 4 heterocycles. The summed E-state index contributed by atoms with van der Waals surface area (Å²) in [4.78, 5) is 31.8. The van der Waals surface area contributed by atoms with E-state index in [1.807, 2.05) is 65.3 Å². The van der Waals surface area contributed by atoms with Gasteiger partial charge in [-0.1, -0.05) is 36.4 Å². The van der Waals surface area contributed by atoms with Gasteiger partial charge in [0.05, 0.1) is 42.7 Å². The van der Waals surface area contributed by atoms with Crippen LogP contribution in [-0.4, -0.2) is 72.2 Å². The monoisotopic (exact) mass is 560 g/mol. The lowest BCUT2D eigenvalue weighted by molar-refractivity contribution is -0.134. The molecule has 1 unspecified atom stereocenters. The van der Waals surface area contributed by atoms with Crippen molar-refractivity contribution in [2.75, 3.05) is 50.6 Å². The zero-order valence-electron chi connectivity index (χ0n) is 21.5. The van der Waals surface area contributed by atoms with E-state index >= 15 is 0 Å².